The molecular formula is C20H28Cl4N6O8S. The Morgan fingerprint density at radius 3 is 1.31 bits per heavy atom. The van der Waals surface area contributed by atoms with Crippen LogP contribution in [0.5, 0.6) is 11.5 Å². The molecular weight excluding hydrogens is 626 g/mol. The Hall–Kier alpha value is -2.47. The molecule has 19 heteroatoms. The van der Waals surface area contributed by atoms with Crippen molar-refractivity contribution in [1.82, 2.24) is 0 Å². The van der Waals surface area contributed by atoms with Crippen LogP contribution < -0.4 is 32.4 Å². The van der Waals surface area contributed by atoms with E-state index in [1.807, 2.05) is 0 Å². The van der Waals surface area contributed by atoms with Gasteiger partial charge in [-0.2, -0.15) is 8.42 Å². The molecule has 0 fully saturated rings. The fourth-order valence-corrected chi connectivity index (χ4v) is 3.01. The summed E-state index contributed by atoms with van der Waals surface area (Å²) >= 11 is 23.2. The van der Waals surface area contributed by atoms with Gasteiger partial charge >= 0.3 is 10.4 Å². The van der Waals surface area contributed by atoms with Crippen LogP contribution in [0, 0.1) is 0 Å². The molecule has 0 heterocycles. The summed E-state index contributed by atoms with van der Waals surface area (Å²) in [6.45, 7) is 0.233. The Morgan fingerprint density at radius 2 is 1.05 bits per heavy atom. The topological polar surface area (TPSA) is 262 Å². The van der Waals surface area contributed by atoms with E-state index in [-0.39, 0.29) is 38.2 Å². The minimum atomic E-state index is -4.67. The third kappa shape index (κ3) is 21.1. The number of halogens is 4. The number of rotatable bonds is 10. The van der Waals surface area contributed by atoms with Crippen LogP contribution in [0.2, 0.25) is 20.1 Å². The van der Waals surface area contributed by atoms with E-state index < -0.39 is 22.6 Å². The number of benzene rings is 2. The first-order chi connectivity index (χ1) is 18.0. The van der Waals surface area contributed by atoms with Gasteiger partial charge in [-0.25, -0.2) is 0 Å². The van der Waals surface area contributed by atoms with Crippen molar-refractivity contribution in [2.75, 3.05) is 26.3 Å². The molecule has 0 radical (unpaired) electrons. The number of aliphatic imine (C=N–C) groups is 2. The predicted molar refractivity (Wildman–Crippen MR) is 151 cm³/mol. The van der Waals surface area contributed by atoms with E-state index in [0.717, 1.165) is 0 Å². The molecule has 2 atom stereocenters. The number of hydrogen-bond acceptors (Lipinski definition) is 8. The van der Waals surface area contributed by atoms with Crippen LogP contribution in [0.25, 0.3) is 0 Å². The third-order valence-electron chi connectivity index (χ3n) is 3.62. The summed E-state index contributed by atoms with van der Waals surface area (Å²) in [7, 11) is -4.67. The second kappa shape index (κ2) is 18.8. The zero-order valence-electron chi connectivity index (χ0n) is 20.0. The van der Waals surface area contributed by atoms with Crippen LogP contribution in [0.15, 0.2) is 46.4 Å². The molecule has 0 aromatic heterocycles. The lowest BCUT2D eigenvalue weighted by molar-refractivity contribution is 0.114. The quantitative estimate of drug-likeness (QED) is 0.103. The van der Waals surface area contributed by atoms with E-state index in [9.17, 15) is 10.2 Å². The van der Waals surface area contributed by atoms with Crippen LogP contribution in [-0.4, -0.2) is 78.2 Å². The summed E-state index contributed by atoms with van der Waals surface area (Å²) < 4.78 is 42.2. The molecule has 0 aliphatic carbocycles. The second-order valence-corrected chi connectivity index (χ2v) is 9.64. The lowest BCUT2D eigenvalue weighted by Crippen LogP contribution is -2.27. The Balaban J connectivity index is 0.000000632. The van der Waals surface area contributed by atoms with Crippen LogP contribution in [0.1, 0.15) is 0 Å². The SMILES string of the molecule is NC(N)=NCC(O)COc1ccc(Cl)cc1Cl.NC(N)=NCC(O)COc1ccc(Cl)cc1Cl.O=S(=O)(O)O. The Morgan fingerprint density at radius 1 is 0.744 bits per heavy atom. The maximum absolute atomic E-state index is 9.49. The van der Waals surface area contributed by atoms with Gasteiger partial charge in [0.25, 0.3) is 0 Å². The molecule has 0 bridgehead atoms. The van der Waals surface area contributed by atoms with Gasteiger partial charge in [-0.3, -0.25) is 19.1 Å². The van der Waals surface area contributed by atoms with Gasteiger partial charge in [-0.05, 0) is 36.4 Å². The molecule has 12 N–H and O–H groups in total. The van der Waals surface area contributed by atoms with Gasteiger partial charge in [-0.1, -0.05) is 46.4 Å². The number of hydrogen-bond donors (Lipinski definition) is 8. The largest absolute Gasteiger partial charge is 0.489 e. The molecule has 2 aromatic rings. The monoisotopic (exact) mass is 652 g/mol. The van der Waals surface area contributed by atoms with Crippen LogP contribution in [0.4, 0.5) is 0 Å². The highest BCUT2D eigenvalue weighted by Crippen LogP contribution is 2.28. The van der Waals surface area contributed by atoms with E-state index in [2.05, 4.69) is 9.98 Å². The molecule has 0 aliphatic heterocycles. The summed E-state index contributed by atoms with van der Waals surface area (Å²) in [4.78, 5) is 7.32. The fraction of sp³-hybridized carbons (Fsp3) is 0.300. The molecule has 0 spiro atoms. The lowest BCUT2D eigenvalue weighted by atomic mass is 10.3. The Labute approximate surface area is 244 Å². The van der Waals surface area contributed by atoms with Crippen molar-refractivity contribution in [1.29, 1.82) is 0 Å². The van der Waals surface area contributed by atoms with Gasteiger partial charge in [0, 0.05) is 10.0 Å². The molecule has 0 amide bonds. The second-order valence-electron chi connectivity index (χ2n) is 7.06. The standard InChI is InChI=1S/2C10H13Cl2N3O2.H2O4S/c2*11-6-1-2-9(8(12)3-6)17-5-7(16)4-15-10(13)14;1-5(2,3)4/h2*1-3,7,16H,4-5H2,(H4,13,14,15);(H2,1,2,3,4). The fourth-order valence-electron chi connectivity index (χ4n) is 2.08. The van der Waals surface area contributed by atoms with Gasteiger partial charge in [-0.15, -0.1) is 0 Å². The predicted octanol–water partition coefficient (Wildman–Crippen LogP) is 1.36. The van der Waals surface area contributed by atoms with Gasteiger partial charge in [0.15, 0.2) is 11.9 Å². The normalized spacial score (nSPS) is 11.9. The zero-order chi connectivity index (χ0) is 30.2. The van der Waals surface area contributed by atoms with Crippen molar-refractivity contribution in [2.24, 2.45) is 32.9 Å². The Bertz CT molecular complexity index is 1110. The summed E-state index contributed by atoms with van der Waals surface area (Å²) in [5, 5.41) is 20.8. The number of nitrogens with two attached hydrogens (primary N) is 4. The number of aliphatic hydroxyl groups excluding tert-OH is 2. The van der Waals surface area contributed by atoms with E-state index in [1.165, 1.54) is 0 Å². The summed E-state index contributed by atoms with van der Waals surface area (Å²) in [5.41, 5.74) is 20.5. The minimum absolute atomic E-state index is 0.0398. The lowest BCUT2D eigenvalue weighted by Gasteiger charge is -2.11. The van der Waals surface area contributed by atoms with Crippen molar-refractivity contribution in [3.05, 3.63) is 56.5 Å². The molecule has 220 valence electrons. The highest BCUT2D eigenvalue weighted by molar-refractivity contribution is 7.79. The summed E-state index contributed by atoms with van der Waals surface area (Å²) in [6.07, 6.45) is -1.60. The third-order valence-corrected chi connectivity index (χ3v) is 4.68. The van der Waals surface area contributed by atoms with Crippen molar-refractivity contribution < 1.29 is 37.2 Å². The van der Waals surface area contributed by atoms with Gasteiger partial charge < -0.3 is 42.6 Å². The van der Waals surface area contributed by atoms with Crippen LogP contribution >= 0.6 is 46.4 Å². The summed E-state index contributed by atoms with van der Waals surface area (Å²) in [5.74, 6) is 0.738. The van der Waals surface area contributed by atoms with Gasteiger partial charge in [0.05, 0.1) is 23.1 Å². The highest BCUT2D eigenvalue weighted by atomic mass is 35.5. The molecule has 2 unspecified atom stereocenters. The van der Waals surface area contributed by atoms with E-state index in [4.69, 9.17) is 96.3 Å². The molecule has 14 nitrogen and oxygen atoms in total. The highest BCUT2D eigenvalue weighted by Gasteiger charge is 2.08. The van der Waals surface area contributed by atoms with E-state index >= 15 is 0 Å². The van der Waals surface area contributed by atoms with Gasteiger partial charge in [0.2, 0.25) is 0 Å². The van der Waals surface area contributed by atoms with Crippen LogP contribution in [-0.2, 0) is 10.4 Å². The van der Waals surface area contributed by atoms with Crippen molar-refractivity contribution in [2.45, 2.75) is 12.2 Å². The number of ether oxygens (including phenoxy) is 2. The van der Waals surface area contributed by atoms with Crippen LogP contribution in [0.3, 0.4) is 0 Å². The molecule has 2 rings (SSSR count). The van der Waals surface area contributed by atoms with Gasteiger partial charge in [0.1, 0.15) is 36.9 Å². The maximum Gasteiger partial charge on any atom is 0.394 e. The average Bonchev–Trinajstić information content (AvgIpc) is 2.79. The minimum Gasteiger partial charge on any atom is -0.489 e. The first-order valence-electron chi connectivity index (χ1n) is 10.3. The van der Waals surface area contributed by atoms with Crippen molar-refractivity contribution in [3.63, 3.8) is 0 Å². The molecule has 2 aromatic carbocycles. The molecule has 39 heavy (non-hydrogen) atoms. The average molecular weight is 654 g/mol. The Kier molecular flexibility index (Phi) is 17.6. The zero-order valence-corrected chi connectivity index (χ0v) is 23.8. The number of aliphatic hydroxyl groups is 2. The maximum atomic E-state index is 9.49. The number of nitrogens with zero attached hydrogens (tertiary/aromatic N) is 2. The van der Waals surface area contributed by atoms with Crippen molar-refractivity contribution >= 4 is 68.7 Å². The van der Waals surface area contributed by atoms with E-state index in [0.29, 0.717) is 31.6 Å². The summed E-state index contributed by atoms with van der Waals surface area (Å²) in [6, 6.07) is 9.65. The van der Waals surface area contributed by atoms with Crippen molar-refractivity contribution in [3.8, 4) is 11.5 Å². The molecule has 0 saturated heterocycles. The smallest absolute Gasteiger partial charge is 0.394 e. The molecule has 0 aliphatic rings. The first kappa shape index (κ1) is 36.5. The first-order valence-corrected chi connectivity index (χ1v) is 13.2. The number of guanidine groups is 2. The van der Waals surface area contributed by atoms with E-state index in [1.54, 1.807) is 36.4 Å². The molecule has 0 saturated carbocycles.